The lowest BCUT2D eigenvalue weighted by Gasteiger charge is -2.70. The zero-order valence-corrected chi connectivity index (χ0v) is 23.5. The second-order valence-electron chi connectivity index (χ2n) is 15.3. The van der Waals surface area contributed by atoms with Crippen molar-refractivity contribution in [3.63, 3.8) is 0 Å². The summed E-state index contributed by atoms with van der Waals surface area (Å²) in [6, 6.07) is 0.497. The molecule has 9 atom stereocenters. The van der Waals surface area contributed by atoms with Crippen molar-refractivity contribution in [3.05, 3.63) is 11.6 Å². The number of carboxylic acid groups (broad SMARTS) is 1. The van der Waals surface area contributed by atoms with Gasteiger partial charge in [-0.25, -0.2) is 0 Å². The first-order valence-corrected chi connectivity index (χ1v) is 14.3. The maximum absolute atomic E-state index is 14.3. The number of hydrogen-bond donors (Lipinski definition) is 2. The summed E-state index contributed by atoms with van der Waals surface area (Å²) >= 11 is 0. The third-order valence-electron chi connectivity index (χ3n) is 13.5. The summed E-state index contributed by atoms with van der Waals surface area (Å²) in [7, 11) is 2.10. The van der Waals surface area contributed by atoms with Gasteiger partial charge in [-0.15, -0.1) is 0 Å². The van der Waals surface area contributed by atoms with Gasteiger partial charge in [-0.05, 0) is 117 Å². The molecule has 0 aliphatic heterocycles. The van der Waals surface area contributed by atoms with Crippen LogP contribution < -0.4 is 5.32 Å². The molecule has 4 saturated carbocycles. The molecule has 4 nitrogen and oxygen atoms in total. The second-order valence-corrected chi connectivity index (χ2v) is 15.3. The van der Waals surface area contributed by atoms with Crippen molar-refractivity contribution >= 4 is 11.8 Å². The second kappa shape index (κ2) is 7.45. The van der Waals surface area contributed by atoms with Gasteiger partial charge in [0.05, 0.1) is 5.41 Å². The number of fused-ring (bicyclic) bond motifs is 7. The van der Waals surface area contributed by atoms with Gasteiger partial charge in [0.25, 0.3) is 0 Å². The third-order valence-corrected chi connectivity index (χ3v) is 13.5. The summed E-state index contributed by atoms with van der Waals surface area (Å²) < 4.78 is 0. The molecule has 2 N–H and O–H groups in total. The molecule has 1 unspecified atom stereocenters. The van der Waals surface area contributed by atoms with Crippen LogP contribution in [0, 0.1) is 50.2 Å². The highest BCUT2D eigenvalue weighted by atomic mass is 16.4. The van der Waals surface area contributed by atoms with E-state index in [1.807, 2.05) is 6.92 Å². The lowest BCUT2D eigenvalue weighted by molar-refractivity contribution is -0.189. The highest BCUT2D eigenvalue weighted by Crippen LogP contribution is 2.75. The van der Waals surface area contributed by atoms with Crippen LogP contribution in [-0.4, -0.2) is 29.9 Å². The molecule has 196 valence electrons. The van der Waals surface area contributed by atoms with Crippen LogP contribution in [0.2, 0.25) is 0 Å². The van der Waals surface area contributed by atoms with Crippen LogP contribution in [0.25, 0.3) is 0 Å². The lowest BCUT2D eigenvalue weighted by Crippen LogP contribution is -2.67. The molecule has 5 aliphatic carbocycles. The Bertz CT molecular complexity index is 984. The van der Waals surface area contributed by atoms with Crippen LogP contribution in [0.1, 0.15) is 106 Å². The largest absolute Gasteiger partial charge is 0.481 e. The van der Waals surface area contributed by atoms with E-state index in [0.717, 1.165) is 44.9 Å². The molecule has 5 rings (SSSR count). The molecular weight excluding hydrogens is 434 g/mol. The molecule has 4 fully saturated rings. The Kier molecular flexibility index (Phi) is 5.43. The first-order valence-electron chi connectivity index (χ1n) is 14.3. The summed E-state index contributed by atoms with van der Waals surface area (Å²) in [6.45, 7) is 16.5. The Morgan fingerprint density at radius 2 is 1.60 bits per heavy atom. The Hall–Kier alpha value is -1.16. The van der Waals surface area contributed by atoms with Gasteiger partial charge in [-0.3, -0.25) is 9.59 Å². The quantitative estimate of drug-likeness (QED) is 0.462. The third kappa shape index (κ3) is 3.07. The number of allylic oxidation sites excluding steroid dienone is 2. The van der Waals surface area contributed by atoms with Gasteiger partial charge in [0.15, 0.2) is 5.78 Å². The van der Waals surface area contributed by atoms with Gasteiger partial charge in [-0.2, -0.15) is 0 Å². The summed E-state index contributed by atoms with van der Waals surface area (Å²) in [6.07, 6.45) is 11.2. The van der Waals surface area contributed by atoms with E-state index in [9.17, 15) is 14.7 Å². The zero-order chi connectivity index (χ0) is 25.8. The number of carboxylic acids is 1. The molecule has 0 radical (unpaired) electrons. The fourth-order valence-corrected chi connectivity index (χ4v) is 10.9. The van der Waals surface area contributed by atoms with E-state index >= 15 is 0 Å². The molecular formula is C31H49NO3. The Morgan fingerprint density at radius 3 is 2.23 bits per heavy atom. The summed E-state index contributed by atoms with van der Waals surface area (Å²) in [5, 5.41) is 13.7. The number of hydrogen-bond acceptors (Lipinski definition) is 3. The molecule has 5 aliphatic rings. The molecule has 0 heterocycles. The fraction of sp³-hybridized carbons (Fsp3) is 0.871. The van der Waals surface area contributed by atoms with Crippen LogP contribution in [0.4, 0.5) is 0 Å². The Labute approximate surface area is 213 Å². The number of carbonyl (C=O) groups is 2. The molecule has 4 heteroatoms. The Morgan fingerprint density at radius 1 is 0.943 bits per heavy atom. The van der Waals surface area contributed by atoms with E-state index in [2.05, 4.69) is 60.0 Å². The fourth-order valence-electron chi connectivity index (χ4n) is 10.9. The SMILES string of the molecule is CNC1CC[C@]2(C)[C@H]3C(=O)C=C4[C@@H]5C[C@@](C)(C(=O)O)CC[C@]5(C)CC[C@@]4(C)[C@]3(C)CC[C@H]2C1(C)C. The van der Waals surface area contributed by atoms with Gasteiger partial charge in [-0.1, -0.05) is 47.1 Å². The van der Waals surface area contributed by atoms with Crippen LogP contribution >= 0.6 is 0 Å². The van der Waals surface area contributed by atoms with Crippen LogP contribution in [-0.2, 0) is 9.59 Å². The van der Waals surface area contributed by atoms with Crippen LogP contribution in [0.3, 0.4) is 0 Å². The van der Waals surface area contributed by atoms with E-state index in [-0.39, 0.29) is 38.9 Å². The van der Waals surface area contributed by atoms with Gasteiger partial charge in [0.1, 0.15) is 0 Å². The minimum absolute atomic E-state index is 0.00880. The normalized spacial score (nSPS) is 52.9. The molecule has 0 amide bonds. The first kappa shape index (κ1) is 25.5. The minimum atomic E-state index is -0.691. The zero-order valence-electron chi connectivity index (χ0n) is 23.5. The monoisotopic (exact) mass is 483 g/mol. The molecule has 0 saturated heterocycles. The molecule has 0 bridgehead atoms. The van der Waals surface area contributed by atoms with E-state index < -0.39 is 11.4 Å². The van der Waals surface area contributed by atoms with Crippen molar-refractivity contribution in [2.45, 2.75) is 112 Å². The first-order chi connectivity index (χ1) is 16.1. The molecule has 0 aromatic rings. The highest BCUT2D eigenvalue weighted by Gasteiger charge is 2.70. The molecule has 0 aromatic carbocycles. The van der Waals surface area contributed by atoms with Crippen LogP contribution in [0.15, 0.2) is 11.6 Å². The number of rotatable bonds is 2. The topological polar surface area (TPSA) is 66.4 Å². The standard InChI is InChI=1S/C31H49NO3/c1-26(2)22-9-12-31(7)24(29(22,5)11-10-23(26)32-8)21(33)17-19-20-18-28(4,25(34)35)14-13-27(20,3)15-16-30(19,31)6/h17,20,22-24,32H,9-16,18H2,1-8H3,(H,34,35)/t20-,22-,23?,24+,27+,28-,29-,30+,31+/m0/s1. The van der Waals surface area contributed by atoms with Gasteiger partial charge in [0.2, 0.25) is 0 Å². The van der Waals surface area contributed by atoms with E-state index in [1.165, 1.54) is 12.0 Å². The molecule has 0 spiro atoms. The van der Waals surface area contributed by atoms with Gasteiger partial charge < -0.3 is 10.4 Å². The van der Waals surface area contributed by atoms with E-state index in [0.29, 0.717) is 24.2 Å². The van der Waals surface area contributed by atoms with Crippen molar-refractivity contribution in [1.82, 2.24) is 5.32 Å². The number of ketones is 1. The molecule has 35 heavy (non-hydrogen) atoms. The number of aliphatic carboxylic acids is 1. The summed E-state index contributed by atoms with van der Waals surface area (Å²) in [4.78, 5) is 26.6. The predicted molar refractivity (Wildman–Crippen MR) is 140 cm³/mol. The maximum Gasteiger partial charge on any atom is 0.309 e. The number of nitrogens with one attached hydrogen (secondary N) is 1. The smallest absolute Gasteiger partial charge is 0.309 e. The van der Waals surface area contributed by atoms with Crippen molar-refractivity contribution < 1.29 is 14.7 Å². The molecule has 0 aromatic heterocycles. The van der Waals surface area contributed by atoms with Crippen LogP contribution in [0.5, 0.6) is 0 Å². The summed E-state index contributed by atoms with van der Waals surface area (Å²) in [5.74, 6) is 0.451. The summed E-state index contributed by atoms with van der Waals surface area (Å²) in [5.41, 5.74) is 0.791. The maximum atomic E-state index is 14.3. The van der Waals surface area contributed by atoms with Gasteiger partial charge >= 0.3 is 5.97 Å². The van der Waals surface area contributed by atoms with E-state index in [4.69, 9.17) is 0 Å². The van der Waals surface area contributed by atoms with Crippen molar-refractivity contribution in [2.75, 3.05) is 7.05 Å². The minimum Gasteiger partial charge on any atom is -0.481 e. The average Bonchev–Trinajstić information content (AvgIpc) is 2.76. The van der Waals surface area contributed by atoms with Crippen molar-refractivity contribution in [2.24, 2.45) is 50.2 Å². The average molecular weight is 484 g/mol. The van der Waals surface area contributed by atoms with Crippen molar-refractivity contribution in [3.8, 4) is 0 Å². The Balaban J connectivity index is 1.61. The predicted octanol–water partition coefficient (Wildman–Crippen LogP) is 6.64. The highest BCUT2D eigenvalue weighted by molar-refractivity contribution is 5.95. The number of carbonyl (C=O) groups excluding carboxylic acids is 1. The lowest BCUT2D eigenvalue weighted by atomic mass is 9.33. The van der Waals surface area contributed by atoms with Gasteiger partial charge in [0, 0.05) is 12.0 Å². The van der Waals surface area contributed by atoms with E-state index in [1.54, 1.807) is 0 Å². The van der Waals surface area contributed by atoms with Crippen molar-refractivity contribution in [1.29, 1.82) is 0 Å².